The van der Waals surface area contributed by atoms with Gasteiger partial charge in [-0.1, -0.05) is 18.2 Å². The third kappa shape index (κ3) is 9.38. The van der Waals surface area contributed by atoms with Crippen molar-refractivity contribution in [3.63, 3.8) is 0 Å². The first-order valence-corrected chi connectivity index (χ1v) is 12.2. The van der Waals surface area contributed by atoms with Crippen molar-refractivity contribution in [3.05, 3.63) is 36.0 Å². The van der Waals surface area contributed by atoms with Gasteiger partial charge in [0.25, 0.3) is 0 Å². The monoisotopic (exact) mass is 467 g/mol. The minimum absolute atomic E-state index is 0.371. The van der Waals surface area contributed by atoms with Gasteiger partial charge in [0.05, 0.1) is 6.04 Å². The lowest BCUT2D eigenvalue weighted by molar-refractivity contribution is -0.149. The molecule has 0 bridgehead atoms. The first kappa shape index (κ1) is 26.5. The minimum Gasteiger partial charge on any atom is -0.444 e. The number of ether oxygens (including phenoxy) is 3. The number of aromatic nitrogens is 1. The van der Waals surface area contributed by atoms with E-state index in [0.29, 0.717) is 31.5 Å². The maximum Gasteiger partial charge on any atom is 0.408 e. The Morgan fingerprint density at radius 3 is 2.56 bits per heavy atom. The van der Waals surface area contributed by atoms with Gasteiger partial charge in [-0.05, 0) is 52.7 Å². The molecule has 0 radical (unpaired) electrons. The smallest absolute Gasteiger partial charge is 0.408 e. The van der Waals surface area contributed by atoms with E-state index in [1.54, 1.807) is 0 Å². The summed E-state index contributed by atoms with van der Waals surface area (Å²) < 4.78 is 16.7. The SMILES string of the molecule is CCOC(OCC)C(CSCONCCc1c[nH]c2ccccc12)NC(=O)OC(C)(C)C. The second kappa shape index (κ2) is 13.7. The van der Waals surface area contributed by atoms with Gasteiger partial charge in [-0.15, -0.1) is 11.8 Å². The van der Waals surface area contributed by atoms with Gasteiger partial charge in [0, 0.05) is 42.6 Å². The summed E-state index contributed by atoms with van der Waals surface area (Å²) in [6.45, 7) is 10.9. The number of H-pyrrole nitrogens is 1. The van der Waals surface area contributed by atoms with Gasteiger partial charge in [-0.25, -0.2) is 10.3 Å². The number of fused-ring (bicyclic) bond motifs is 1. The number of rotatable bonds is 14. The van der Waals surface area contributed by atoms with Crippen LogP contribution in [-0.4, -0.2) is 60.5 Å². The fraction of sp³-hybridized carbons (Fsp3) is 0.609. The zero-order chi connectivity index (χ0) is 23.4. The van der Waals surface area contributed by atoms with Crippen LogP contribution in [0.1, 0.15) is 40.2 Å². The number of carbonyl (C=O) groups excluding carboxylic acids is 1. The van der Waals surface area contributed by atoms with Crippen molar-refractivity contribution >= 4 is 28.8 Å². The number of hydroxylamine groups is 1. The topological polar surface area (TPSA) is 93.8 Å². The van der Waals surface area contributed by atoms with Crippen molar-refractivity contribution < 1.29 is 23.8 Å². The zero-order valence-corrected chi connectivity index (χ0v) is 20.6. The molecule has 0 saturated carbocycles. The van der Waals surface area contributed by atoms with Gasteiger partial charge in [-0.3, -0.25) is 4.84 Å². The predicted molar refractivity (Wildman–Crippen MR) is 129 cm³/mol. The fourth-order valence-corrected chi connectivity index (χ4v) is 3.87. The quantitative estimate of drug-likeness (QED) is 0.218. The molecule has 0 saturated heterocycles. The fourth-order valence-electron chi connectivity index (χ4n) is 3.11. The Balaban J connectivity index is 1.75. The Morgan fingerprint density at radius 1 is 1.16 bits per heavy atom. The third-order valence-corrected chi connectivity index (χ3v) is 5.28. The number of nitrogens with one attached hydrogen (secondary N) is 3. The molecule has 32 heavy (non-hydrogen) atoms. The molecule has 0 aliphatic heterocycles. The highest BCUT2D eigenvalue weighted by molar-refractivity contribution is 7.99. The third-order valence-electron chi connectivity index (χ3n) is 4.41. The van der Waals surface area contributed by atoms with Crippen molar-refractivity contribution in [2.45, 2.75) is 59.0 Å². The number of amides is 1. The summed E-state index contributed by atoms with van der Waals surface area (Å²) in [6.07, 6.45) is 1.84. The highest BCUT2D eigenvalue weighted by Crippen LogP contribution is 2.18. The second-order valence-electron chi connectivity index (χ2n) is 8.17. The van der Waals surface area contributed by atoms with Crippen LogP contribution in [0.5, 0.6) is 0 Å². The molecule has 1 aromatic carbocycles. The molecule has 0 fully saturated rings. The predicted octanol–water partition coefficient (Wildman–Crippen LogP) is 4.21. The first-order chi connectivity index (χ1) is 15.3. The van der Waals surface area contributed by atoms with E-state index in [2.05, 4.69) is 27.9 Å². The van der Waals surface area contributed by atoms with Gasteiger partial charge < -0.3 is 24.5 Å². The largest absolute Gasteiger partial charge is 0.444 e. The number of hydrogen-bond donors (Lipinski definition) is 3. The van der Waals surface area contributed by atoms with Gasteiger partial charge >= 0.3 is 6.09 Å². The molecular formula is C23H37N3O5S. The molecule has 8 nitrogen and oxygen atoms in total. The second-order valence-corrected chi connectivity index (χ2v) is 9.15. The van der Waals surface area contributed by atoms with Crippen LogP contribution in [0.25, 0.3) is 10.9 Å². The highest BCUT2D eigenvalue weighted by atomic mass is 32.2. The summed E-state index contributed by atoms with van der Waals surface area (Å²) in [6, 6.07) is 7.87. The Labute approximate surface area is 195 Å². The summed E-state index contributed by atoms with van der Waals surface area (Å²) in [5, 5.41) is 4.10. The number of carbonyl (C=O) groups is 1. The Bertz CT molecular complexity index is 802. The molecule has 0 aliphatic carbocycles. The van der Waals surface area contributed by atoms with Crippen LogP contribution in [0, 0.1) is 0 Å². The van der Waals surface area contributed by atoms with Gasteiger partial charge in [0.15, 0.2) is 6.29 Å². The average Bonchev–Trinajstić information content (AvgIpc) is 3.14. The number of hydrogen-bond acceptors (Lipinski definition) is 7. The molecule has 1 aromatic heterocycles. The Hall–Kier alpha value is -1.78. The van der Waals surface area contributed by atoms with Crippen molar-refractivity contribution in [2.75, 3.05) is 31.5 Å². The van der Waals surface area contributed by atoms with Crippen LogP contribution in [0.3, 0.4) is 0 Å². The average molecular weight is 468 g/mol. The zero-order valence-electron chi connectivity index (χ0n) is 19.7. The van der Waals surface area contributed by atoms with E-state index in [9.17, 15) is 4.79 Å². The van der Waals surface area contributed by atoms with Crippen LogP contribution in [0.2, 0.25) is 0 Å². The standard InChI is InChI=1S/C23H37N3O5S/c1-6-28-21(29-7-2)20(26-22(27)31-23(3,4)5)15-32-16-30-25-13-12-17-14-24-19-11-9-8-10-18(17)19/h8-11,14,20-21,24-25H,6-7,12-13,15-16H2,1-5H3,(H,26,27). The van der Waals surface area contributed by atoms with Crippen LogP contribution >= 0.6 is 11.8 Å². The van der Waals surface area contributed by atoms with Crippen molar-refractivity contribution in [1.29, 1.82) is 0 Å². The van der Waals surface area contributed by atoms with Crippen molar-refractivity contribution in [2.24, 2.45) is 0 Å². The van der Waals surface area contributed by atoms with E-state index >= 15 is 0 Å². The summed E-state index contributed by atoms with van der Waals surface area (Å²) in [5.74, 6) is 0.972. The number of para-hydroxylation sites is 1. The van der Waals surface area contributed by atoms with Crippen LogP contribution in [-0.2, 0) is 25.5 Å². The molecule has 1 heterocycles. The van der Waals surface area contributed by atoms with Gasteiger partial charge in [0.1, 0.15) is 11.5 Å². The van der Waals surface area contributed by atoms with Gasteiger partial charge in [-0.2, -0.15) is 0 Å². The summed E-state index contributed by atoms with van der Waals surface area (Å²) >= 11 is 1.53. The van der Waals surface area contributed by atoms with Crippen molar-refractivity contribution in [1.82, 2.24) is 15.8 Å². The van der Waals surface area contributed by atoms with E-state index < -0.39 is 18.0 Å². The van der Waals surface area contributed by atoms with E-state index in [-0.39, 0.29) is 6.04 Å². The molecule has 2 aromatic rings. The number of alkyl carbamates (subject to hydrolysis) is 1. The minimum atomic E-state index is -0.577. The van der Waals surface area contributed by atoms with Crippen molar-refractivity contribution in [3.8, 4) is 0 Å². The van der Waals surface area contributed by atoms with E-state index in [4.69, 9.17) is 19.0 Å². The number of aromatic amines is 1. The molecule has 0 spiro atoms. The maximum atomic E-state index is 12.3. The lowest BCUT2D eigenvalue weighted by Gasteiger charge is -2.28. The van der Waals surface area contributed by atoms with E-state index in [1.807, 2.05) is 52.9 Å². The van der Waals surface area contributed by atoms with E-state index in [1.165, 1.54) is 22.7 Å². The molecule has 0 aliphatic rings. The summed E-state index contributed by atoms with van der Waals surface area (Å²) in [7, 11) is 0. The first-order valence-electron chi connectivity index (χ1n) is 11.0. The molecule has 9 heteroatoms. The molecule has 1 amide bonds. The van der Waals surface area contributed by atoms with Crippen LogP contribution in [0.15, 0.2) is 30.5 Å². The van der Waals surface area contributed by atoms with E-state index in [0.717, 1.165) is 11.9 Å². The molecule has 2 rings (SSSR count). The highest BCUT2D eigenvalue weighted by Gasteiger charge is 2.27. The Morgan fingerprint density at radius 2 is 1.88 bits per heavy atom. The number of benzene rings is 1. The molecule has 1 atom stereocenters. The lowest BCUT2D eigenvalue weighted by Crippen LogP contribution is -2.49. The molecule has 1 unspecified atom stereocenters. The van der Waals surface area contributed by atoms with Crippen LogP contribution < -0.4 is 10.8 Å². The van der Waals surface area contributed by atoms with Crippen LogP contribution in [0.4, 0.5) is 4.79 Å². The summed E-state index contributed by atoms with van der Waals surface area (Å²) in [4.78, 5) is 21.1. The lowest BCUT2D eigenvalue weighted by atomic mass is 10.1. The number of thioether (sulfide) groups is 1. The van der Waals surface area contributed by atoms with Gasteiger partial charge in [0.2, 0.25) is 0 Å². The Kier molecular flexibility index (Phi) is 11.3. The molecule has 180 valence electrons. The normalized spacial score (nSPS) is 12.9. The summed E-state index contributed by atoms with van der Waals surface area (Å²) in [5.41, 5.74) is 4.82. The maximum absolute atomic E-state index is 12.3. The molecule has 3 N–H and O–H groups in total. The molecular weight excluding hydrogens is 430 g/mol.